The highest BCUT2D eigenvalue weighted by Gasteiger charge is 2.37. The van der Waals surface area contributed by atoms with Crippen molar-refractivity contribution in [1.82, 2.24) is 15.4 Å². The summed E-state index contributed by atoms with van der Waals surface area (Å²) in [6.45, 7) is 5.09. The van der Waals surface area contributed by atoms with E-state index in [2.05, 4.69) is 18.8 Å². The van der Waals surface area contributed by atoms with Gasteiger partial charge in [-0.2, -0.15) is 0 Å². The standard InChI is InChI=1S/C25H23N3O3S/c1-25(2)14-28(13-16-12-19(23(29)27-31)32-22(16)25)24(30)21-20(15-8-4-3-5-9-15)17-10-6-7-11-18(17)26-21/h3-12,26,31H,13-14H2,1-2H3,(H,27,29). The summed E-state index contributed by atoms with van der Waals surface area (Å²) in [7, 11) is 0. The van der Waals surface area contributed by atoms with Crippen molar-refractivity contribution in [2.75, 3.05) is 6.54 Å². The highest BCUT2D eigenvalue weighted by atomic mass is 32.1. The Balaban J connectivity index is 1.58. The van der Waals surface area contributed by atoms with Gasteiger partial charge in [-0.25, -0.2) is 5.48 Å². The molecule has 4 aromatic rings. The lowest BCUT2D eigenvalue weighted by Crippen LogP contribution is -2.44. The number of nitrogens with one attached hydrogen (secondary N) is 2. The lowest BCUT2D eigenvalue weighted by atomic mass is 9.85. The second-order valence-corrected chi connectivity index (χ2v) is 9.79. The first kappa shape index (κ1) is 20.5. The topological polar surface area (TPSA) is 85.4 Å². The van der Waals surface area contributed by atoms with Gasteiger partial charge < -0.3 is 9.88 Å². The number of H-pyrrole nitrogens is 1. The Morgan fingerprint density at radius 3 is 2.56 bits per heavy atom. The van der Waals surface area contributed by atoms with E-state index < -0.39 is 5.91 Å². The van der Waals surface area contributed by atoms with E-state index in [1.165, 1.54) is 11.3 Å². The monoisotopic (exact) mass is 445 g/mol. The number of hydrogen-bond acceptors (Lipinski definition) is 4. The first-order valence-corrected chi connectivity index (χ1v) is 11.2. The van der Waals surface area contributed by atoms with Gasteiger partial charge in [0.1, 0.15) is 5.69 Å². The van der Waals surface area contributed by atoms with Crippen LogP contribution in [0.2, 0.25) is 0 Å². The van der Waals surface area contributed by atoms with E-state index in [1.54, 1.807) is 11.5 Å². The zero-order chi connectivity index (χ0) is 22.5. The van der Waals surface area contributed by atoms with E-state index >= 15 is 0 Å². The number of hydroxylamine groups is 1. The van der Waals surface area contributed by atoms with Gasteiger partial charge in [-0.1, -0.05) is 62.4 Å². The van der Waals surface area contributed by atoms with E-state index in [0.29, 0.717) is 23.7 Å². The van der Waals surface area contributed by atoms with Crippen LogP contribution in [0.3, 0.4) is 0 Å². The van der Waals surface area contributed by atoms with Crippen molar-refractivity contribution < 1.29 is 14.8 Å². The zero-order valence-corrected chi connectivity index (χ0v) is 18.6. The van der Waals surface area contributed by atoms with Gasteiger partial charge in [0.2, 0.25) is 0 Å². The molecule has 0 unspecified atom stereocenters. The molecule has 0 saturated heterocycles. The highest BCUT2D eigenvalue weighted by molar-refractivity contribution is 7.14. The summed E-state index contributed by atoms with van der Waals surface area (Å²) in [6, 6.07) is 19.7. The maximum atomic E-state index is 13.8. The van der Waals surface area contributed by atoms with Gasteiger partial charge in [0.15, 0.2) is 0 Å². The third-order valence-corrected chi connectivity index (χ3v) is 7.51. The number of benzene rings is 2. The summed E-state index contributed by atoms with van der Waals surface area (Å²) in [5.74, 6) is -0.599. The molecule has 2 aromatic heterocycles. The van der Waals surface area contributed by atoms with Crippen molar-refractivity contribution in [2.45, 2.75) is 25.8 Å². The van der Waals surface area contributed by atoms with Crippen LogP contribution in [-0.4, -0.2) is 33.5 Å². The van der Waals surface area contributed by atoms with Crippen LogP contribution in [0, 0.1) is 0 Å². The molecule has 162 valence electrons. The number of para-hydroxylation sites is 1. The molecule has 0 atom stereocenters. The quantitative estimate of drug-likeness (QED) is 0.308. The van der Waals surface area contributed by atoms with Gasteiger partial charge >= 0.3 is 0 Å². The van der Waals surface area contributed by atoms with Gasteiger partial charge in [0, 0.05) is 39.8 Å². The Morgan fingerprint density at radius 1 is 1.09 bits per heavy atom. The average Bonchev–Trinajstić information content (AvgIpc) is 3.41. The van der Waals surface area contributed by atoms with E-state index in [0.717, 1.165) is 32.5 Å². The van der Waals surface area contributed by atoms with Crippen LogP contribution in [0.5, 0.6) is 0 Å². The maximum Gasteiger partial charge on any atom is 0.284 e. The molecule has 7 heteroatoms. The first-order chi connectivity index (χ1) is 15.4. The number of amides is 2. The van der Waals surface area contributed by atoms with E-state index in [4.69, 9.17) is 5.21 Å². The molecule has 0 aliphatic carbocycles. The Kier molecular flexibility index (Phi) is 4.87. The molecule has 0 bridgehead atoms. The number of aromatic nitrogens is 1. The van der Waals surface area contributed by atoms with Crippen molar-refractivity contribution in [3.63, 3.8) is 0 Å². The van der Waals surface area contributed by atoms with Crippen molar-refractivity contribution in [1.29, 1.82) is 0 Å². The first-order valence-electron chi connectivity index (χ1n) is 10.4. The average molecular weight is 446 g/mol. The fourth-order valence-corrected chi connectivity index (χ4v) is 5.76. The third kappa shape index (κ3) is 3.30. The summed E-state index contributed by atoms with van der Waals surface area (Å²) in [5, 5.41) is 10.0. The van der Waals surface area contributed by atoms with Crippen molar-refractivity contribution >= 4 is 34.1 Å². The van der Waals surface area contributed by atoms with Crippen LogP contribution < -0.4 is 5.48 Å². The van der Waals surface area contributed by atoms with Crippen LogP contribution in [0.1, 0.15) is 44.4 Å². The Hall–Kier alpha value is -3.42. The number of hydrogen-bond donors (Lipinski definition) is 3. The highest BCUT2D eigenvalue weighted by Crippen LogP contribution is 2.41. The van der Waals surface area contributed by atoms with Crippen molar-refractivity contribution in [3.05, 3.63) is 81.7 Å². The van der Waals surface area contributed by atoms with E-state index in [-0.39, 0.29) is 11.3 Å². The molecule has 0 saturated carbocycles. The molecule has 0 radical (unpaired) electrons. The van der Waals surface area contributed by atoms with Gasteiger partial charge in [-0.05, 0) is 23.3 Å². The molecule has 3 N–H and O–H groups in total. The summed E-state index contributed by atoms with van der Waals surface area (Å²) in [4.78, 5) is 32.5. The Morgan fingerprint density at radius 2 is 1.81 bits per heavy atom. The minimum absolute atomic E-state index is 0.0712. The molecule has 2 amide bonds. The van der Waals surface area contributed by atoms with Crippen LogP contribution in [0.25, 0.3) is 22.0 Å². The predicted molar refractivity (Wildman–Crippen MR) is 125 cm³/mol. The largest absolute Gasteiger partial charge is 0.350 e. The van der Waals surface area contributed by atoms with Crippen molar-refractivity contribution in [2.24, 2.45) is 0 Å². The summed E-state index contributed by atoms with van der Waals surface area (Å²) < 4.78 is 0. The number of carbonyl (C=O) groups excluding carboxylic acids is 2. The normalized spacial score (nSPS) is 14.9. The molecule has 32 heavy (non-hydrogen) atoms. The second-order valence-electron chi connectivity index (χ2n) is 8.74. The molecule has 1 aliphatic heterocycles. The molecule has 1 aliphatic rings. The second kappa shape index (κ2) is 7.62. The number of aromatic amines is 1. The molecule has 2 aromatic carbocycles. The maximum absolute atomic E-state index is 13.8. The van der Waals surface area contributed by atoms with Crippen LogP contribution in [-0.2, 0) is 12.0 Å². The van der Waals surface area contributed by atoms with Gasteiger partial charge in [-0.3, -0.25) is 14.8 Å². The summed E-state index contributed by atoms with van der Waals surface area (Å²) in [6.07, 6.45) is 0. The molecule has 3 heterocycles. The number of nitrogens with zero attached hydrogens (tertiary/aromatic N) is 1. The lowest BCUT2D eigenvalue weighted by Gasteiger charge is -2.38. The summed E-state index contributed by atoms with van der Waals surface area (Å²) >= 11 is 1.37. The van der Waals surface area contributed by atoms with Gasteiger partial charge in [0.25, 0.3) is 11.8 Å². The third-order valence-electron chi connectivity index (χ3n) is 5.97. The zero-order valence-electron chi connectivity index (χ0n) is 17.8. The molecule has 6 nitrogen and oxygen atoms in total. The molecular weight excluding hydrogens is 422 g/mol. The SMILES string of the molecule is CC1(C)CN(C(=O)c2[nH]c3ccccc3c2-c2ccccc2)Cc2cc(C(=O)NO)sc21. The predicted octanol–water partition coefficient (Wildman–Crippen LogP) is 4.95. The Bertz CT molecular complexity index is 1340. The number of carbonyl (C=O) groups is 2. The number of rotatable bonds is 3. The smallest absolute Gasteiger partial charge is 0.284 e. The van der Waals surface area contributed by atoms with Crippen LogP contribution in [0.15, 0.2) is 60.7 Å². The number of fused-ring (bicyclic) bond motifs is 2. The van der Waals surface area contributed by atoms with Crippen molar-refractivity contribution in [3.8, 4) is 11.1 Å². The number of thiophene rings is 1. The molecular formula is C25H23N3O3S. The molecule has 5 rings (SSSR count). The van der Waals surface area contributed by atoms with E-state index in [1.807, 2.05) is 59.5 Å². The Labute approximate surface area is 189 Å². The van der Waals surface area contributed by atoms with Crippen LogP contribution >= 0.6 is 11.3 Å². The molecule has 0 fully saturated rings. The minimum Gasteiger partial charge on any atom is -0.350 e. The summed E-state index contributed by atoms with van der Waals surface area (Å²) in [5.41, 5.74) is 5.71. The fraction of sp³-hybridized carbons (Fsp3) is 0.200. The lowest BCUT2D eigenvalue weighted by molar-refractivity contribution is 0.0685. The fourth-order valence-electron chi connectivity index (χ4n) is 4.61. The van der Waals surface area contributed by atoms with Gasteiger partial charge in [0.05, 0.1) is 4.88 Å². The van der Waals surface area contributed by atoms with Gasteiger partial charge in [-0.15, -0.1) is 11.3 Å². The molecule has 0 spiro atoms. The van der Waals surface area contributed by atoms with E-state index in [9.17, 15) is 9.59 Å². The minimum atomic E-state index is -0.528. The van der Waals surface area contributed by atoms with Crippen LogP contribution in [0.4, 0.5) is 0 Å².